The van der Waals surface area contributed by atoms with Crippen LogP contribution in [-0.2, 0) is 11.3 Å². The number of ether oxygens (including phenoxy) is 1. The lowest BCUT2D eigenvalue weighted by molar-refractivity contribution is 0.0903. The van der Waals surface area contributed by atoms with Crippen LogP contribution in [0, 0.1) is 5.82 Å². The highest BCUT2D eigenvalue weighted by atomic mass is 35.5. The molecular weight excluding hydrogens is 501 g/mol. The third-order valence-corrected chi connectivity index (χ3v) is 7.18. The number of likely N-dealkylation sites (tertiary alicyclic amines) is 1. The number of anilines is 1. The van der Waals surface area contributed by atoms with Gasteiger partial charge in [-0.1, -0.05) is 17.7 Å². The number of amides is 1. The second-order valence-corrected chi connectivity index (χ2v) is 9.70. The maximum Gasteiger partial charge on any atom is 0.407 e. The molecule has 5 rings (SSSR count). The molecule has 0 spiro atoms. The number of pyridine rings is 1. The van der Waals surface area contributed by atoms with Crippen LogP contribution >= 0.6 is 11.6 Å². The van der Waals surface area contributed by atoms with Crippen molar-refractivity contribution in [1.29, 1.82) is 0 Å². The zero-order chi connectivity index (χ0) is 25.9. The van der Waals surface area contributed by atoms with Gasteiger partial charge in [-0.05, 0) is 49.4 Å². The predicted molar refractivity (Wildman–Crippen MR) is 137 cm³/mol. The number of nitrogens with one attached hydrogen (secondary N) is 1. The maximum absolute atomic E-state index is 14.5. The number of rotatable bonds is 6. The van der Waals surface area contributed by atoms with Crippen LogP contribution in [0.5, 0.6) is 0 Å². The number of carboxylic acid groups (broad SMARTS) is 1. The van der Waals surface area contributed by atoms with Gasteiger partial charge in [0.25, 0.3) is 5.56 Å². The van der Waals surface area contributed by atoms with Crippen LogP contribution in [-0.4, -0.2) is 62.5 Å². The maximum atomic E-state index is 14.5. The lowest BCUT2D eigenvalue weighted by Crippen LogP contribution is -2.39. The zero-order valence-corrected chi connectivity index (χ0v) is 20.8. The standard InChI is InChI=1S/C26H27ClFN5O4/c27-21-4-3-16(12-22(21)28)20-15-32(14-18-2-1-9-33(18)26(35)36)24(34)13-19(20)23-5-8-29-25(31-23)30-17-6-10-37-11-7-17/h3-5,8,12-13,15,17-18H,1-2,6-7,9-11,14H2,(H,35,36)(H,29,30,31). The number of hydrogen-bond acceptors (Lipinski definition) is 6. The molecule has 37 heavy (non-hydrogen) atoms. The van der Waals surface area contributed by atoms with Crippen LogP contribution in [0.3, 0.4) is 0 Å². The molecule has 4 heterocycles. The molecule has 0 bridgehead atoms. The van der Waals surface area contributed by atoms with Crippen molar-refractivity contribution >= 4 is 23.6 Å². The van der Waals surface area contributed by atoms with Gasteiger partial charge in [0.1, 0.15) is 5.82 Å². The summed E-state index contributed by atoms with van der Waals surface area (Å²) in [7, 11) is 0. The summed E-state index contributed by atoms with van der Waals surface area (Å²) < 4.78 is 21.3. The molecule has 2 aromatic heterocycles. The summed E-state index contributed by atoms with van der Waals surface area (Å²) in [6.07, 6.45) is 5.34. The van der Waals surface area contributed by atoms with E-state index in [2.05, 4.69) is 15.3 Å². The minimum Gasteiger partial charge on any atom is -0.465 e. The Kier molecular flexibility index (Phi) is 7.38. The SMILES string of the molecule is O=C(O)N1CCCC1Cn1cc(-c2ccc(Cl)c(F)c2)c(-c2ccnc(NC3CCOCC3)n2)cc1=O. The highest BCUT2D eigenvalue weighted by molar-refractivity contribution is 6.30. The monoisotopic (exact) mass is 527 g/mol. The smallest absolute Gasteiger partial charge is 0.407 e. The number of benzene rings is 1. The van der Waals surface area contributed by atoms with E-state index in [-0.39, 0.29) is 29.2 Å². The molecule has 1 amide bonds. The van der Waals surface area contributed by atoms with Crippen LogP contribution < -0.4 is 10.9 Å². The number of nitrogens with zero attached hydrogens (tertiary/aromatic N) is 4. The van der Waals surface area contributed by atoms with Crippen LogP contribution in [0.15, 0.2) is 47.5 Å². The van der Waals surface area contributed by atoms with Gasteiger partial charge in [-0.25, -0.2) is 19.2 Å². The Bertz CT molecular complexity index is 1360. The van der Waals surface area contributed by atoms with Crippen molar-refractivity contribution < 1.29 is 19.0 Å². The minimum absolute atomic E-state index is 0.00772. The quantitative estimate of drug-likeness (QED) is 0.485. The molecule has 194 valence electrons. The minimum atomic E-state index is -1.00. The summed E-state index contributed by atoms with van der Waals surface area (Å²) in [6.45, 7) is 1.98. The molecule has 0 radical (unpaired) electrons. The van der Waals surface area contributed by atoms with Crippen molar-refractivity contribution in [2.45, 2.75) is 44.3 Å². The lowest BCUT2D eigenvalue weighted by Gasteiger charge is -2.24. The molecule has 2 aliphatic heterocycles. The highest BCUT2D eigenvalue weighted by Crippen LogP contribution is 2.32. The summed E-state index contributed by atoms with van der Waals surface area (Å²) in [4.78, 5) is 35.2. The van der Waals surface area contributed by atoms with E-state index in [0.717, 1.165) is 19.3 Å². The van der Waals surface area contributed by atoms with Crippen LogP contribution in [0.1, 0.15) is 25.7 Å². The molecule has 3 aromatic rings. The molecule has 2 aliphatic rings. The first-order valence-electron chi connectivity index (χ1n) is 12.3. The van der Waals surface area contributed by atoms with E-state index in [1.54, 1.807) is 24.5 Å². The number of aromatic nitrogens is 3. The second kappa shape index (κ2) is 10.9. The van der Waals surface area contributed by atoms with Crippen LogP contribution in [0.2, 0.25) is 5.02 Å². The third-order valence-electron chi connectivity index (χ3n) is 6.87. The highest BCUT2D eigenvalue weighted by Gasteiger charge is 2.29. The Morgan fingerprint density at radius 1 is 1.19 bits per heavy atom. The molecule has 2 saturated heterocycles. The molecule has 11 heteroatoms. The van der Waals surface area contributed by atoms with E-state index in [0.29, 0.717) is 54.5 Å². The summed E-state index contributed by atoms with van der Waals surface area (Å²) in [5.41, 5.74) is 1.81. The van der Waals surface area contributed by atoms with E-state index >= 15 is 0 Å². The van der Waals surface area contributed by atoms with Crippen LogP contribution in [0.25, 0.3) is 22.4 Å². The number of halogens is 2. The van der Waals surface area contributed by atoms with Gasteiger partial charge >= 0.3 is 6.09 Å². The van der Waals surface area contributed by atoms with Gasteiger partial charge < -0.3 is 24.6 Å². The van der Waals surface area contributed by atoms with E-state index in [9.17, 15) is 19.1 Å². The fraction of sp³-hybridized carbons (Fsp3) is 0.385. The van der Waals surface area contributed by atoms with Gasteiger partial charge in [0, 0.05) is 61.9 Å². The summed E-state index contributed by atoms with van der Waals surface area (Å²) in [5, 5.41) is 12.8. The van der Waals surface area contributed by atoms with Crippen molar-refractivity contribution in [2.75, 3.05) is 25.1 Å². The van der Waals surface area contributed by atoms with Crippen molar-refractivity contribution in [3.63, 3.8) is 0 Å². The fourth-order valence-electron chi connectivity index (χ4n) is 4.93. The lowest BCUT2D eigenvalue weighted by atomic mass is 9.99. The Labute approximate surface area is 217 Å². The predicted octanol–water partition coefficient (Wildman–Crippen LogP) is 4.50. The first kappa shape index (κ1) is 25.2. The van der Waals surface area contributed by atoms with Crippen LogP contribution in [0.4, 0.5) is 15.1 Å². The third kappa shape index (κ3) is 5.60. The van der Waals surface area contributed by atoms with E-state index in [4.69, 9.17) is 16.3 Å². The average molecular weight is 528 g/mol. The molecule has 1 aromatic carbocycles. The fourth-order valence-corrected chi connectivity index (χ4v) is 5.05. The Balaban J connectivity index is 1.55. The van der Waals surface area contributed by atoms with E-state index in [1.807, 2.05) is 0 Å². The molecule has 2 fully saturated rings. The van der Waals surface area contributed by atoms with Gasteiger partial charge in [-0.2, -0.15) is 0 Å². The molecule has 9 nitrogen and oxygen atoms in total. The first-order chi connectivity index (χ1) is 17.9. The molecule has 1 atom stereocenters. The van der Waals surface area contributed by atoms with E-state index < -0.39 is 11.9 Å². The normalized spacial score (nSPS) is 18.2. The van der Waals surface area contributed by atoms with Crippen molar-refractivity contribution in [3.05, 3.63) is 63.9 Å². The summed E-state index contributed by atoms with van der Waals surface area (Å²) >= 11 is 5.92. The van der Waals surface area contributed by atoms with Crippen molar-refractivity contribution in [2.24, 2.45) is 0 Å². The van der Waals surface area contributed by atoms with Gasteiger partial charge in [0.2, 0.25) is 5.95 Å². The largest absolute Gasteiger partial charge is 0.465 e. The second-order valence-electron chi connectivity index (χ2n) is 9.29. The number of carbonyl (C=O) groups is 1. The number of hydrogen-bond donors (Lipinski definition) is 2. The van der Waals surface area contributed by atoms with Gasteiger partial charge in [0.15, 0.2) is 0 Å². The first-order valence-corrected chi connectivity index (χ1v) is 12.6. The summed E-state index contributed by atoms with van der Waals surface area (Å²) in [5.74, 6) is -0.148. The molecule has 0 aliphatic carbocycles. The molecule has 0 saturated carbocycles. The van der Waals surface area contributed by atoms with Gasteiger partial charge in [-0.3, -0.25) is 4.79 Å². The topological polar surface area (TPSA) is 110 Å². The zero-order valence-electron chi connectivity index (χ0n) is 20.1. The van der Waals surface area contributed by atoms with Gasteiger partial charge in [-0.15, -0.1) is 0 Å². The Morgan fingerprint density at radius 2 is 2.00 bits per heavy atom. The van der Waals surface area contributed by atoms with Crippen molar-refractivity contribution in [1.82, 2.24) is 19.4 Å². The molecule has 2 N–H and O–H groups in total. The van der Waals surface area contributed by atoms with Crippen molar-refractivity contribution in [3.8, 4) is 22.4 Å². The Morgan fingerprint density at radius 3 is 2.76 bits per heavy atom. The van der Waals surface area contributed by atoms with E-state index in [1.165, 1.54) is 27.7 Å². The van der Waals surface area contributed by atoms with Gasteiger partial charge in [0.05, 0.1) is 16.8 Å². The molecule has 1 unspecified atom stereocenters. The Hall–Kier alpha value is -3.50. The average Bonchev–Trinajstić information content (AvgIpc) is 3.36. The molecular formula is C26H27ClFN5O4. The summed E-state index contributed by atoms with van der Waals surface area (Å²) in [6, 6.07) is 7.50.